The lowest BCUT2D eigenvalue weighted by atomic mass is 9.96. The Balaban J connectivity index is 1.56. The molecule has 228 valence electrons. The zero-order valence-electron chi connectivity index (χ0n) is 25.2. The van der Waals surface area contributed by atoms with E-state index in [1.54, 1.807) is 17.0 Å². The summed E-state index contributed by atoms with van der Waals surface area (Å²) in [4.78, 5) is 27.5. The van der Waals surface area contributed by atoms with Gasteiger partial charge in [-0.2, -0.15) is 9.97 Å². The summed E-state index contributed by atoms with van der Waals surface area (Å²) in [7, 11) is 3.96. The minimum atomic E-state index is -0.632. The van der Waals surface area contributed by atoms with Gasteiger partial charge in [-0.25, -0.2) is 9.18 Å². The first-order chi connectivity index (χ1) is 20.4. The molecule has 0 bridgehead atoms. The van der Waals surface area contributed by atoms with Gasteiger partial charge in [0.15, 0.2) is 5.82 Å². The van der Waals surface area contributed by atoms with E-state index < -0.39 is 11.4 Å². The third-order valence-corrected chi connectivity index (χ3v) is 7.47. The molecule has 0 atom stereocenters. The molecule has 9 nitrogen and oxygen atoms in total. The number of carbonyl (C=O) groups is 1. The van der Waals surface area contributed by atoms with Gasteiger partial charge in [-0.05, 0) is 75.8 Å². The molecule has 2 heterocycles. The molecule has 0 spiro atoms. The van der Waals surface area contributed by atoms with E-state index >= 15 is 4.39 Å². The lowest BCUT2D eigenvalue weighted by Gasteiger charge is -2.36. The molecule has 0 unspecified atom stereocenters. The zero-order valence-corrected chi connectivity index (χ0v) is 25.9. The van der Waals surface area contributed by atoms with Gasteiger partial charge in [-0.1, -0.05) is 35.9 Å². The van der Waals surface area contributed by atoms with Crippen LogP contribution in [0.3, 0.4) is 0 Å². The number of amides is 1. The summed E-state index contributed by atoms with van der Waals surface area (Å²) in [6.07, 6.45) is 0.365. The van der Waals surface area contributed by atoms with Crippen LogP contribution in [0.2, 0.25) is 5.02 Å². The van der Waals surface area contributed by atoms with Gasteiger partial charge in [0.1, 0.15) is 22.7 Å². The number of aromatic hydroxyl groups is 1. The molecule has 0 saturated carbocycles. The van der Waals surface area contributed by atoms with Gasteiger partial charge in [0.05, 0.1) is 11.6 Å². The SMILES string of the molecule is CN(C)CCCOc1nc(N2CCN(C(=O)OC(C)(C)C)CC2)c2cc(Cl)c(-c3cc(O)cc4ccccc34)c(F)c2n1. The predicted octanol–water partition coefficient (Wildman–Crippen LogP) is 6.34. The average molecular weight is 610 g/mol. The standard InChI is InChI=1S/C32H37ClFN5O4/c1-32(2,3)43-31(41)39-14-12-38(13-15-39)29-24-19-25(33)26(23-18-21(40)17-20-9-6-7-10-22(20)23)27(34)28(24)35-30(36-29)42-16-8-11-37(4)5/h6-7,9-10,17-19,40H,8,11-16H2,1-5H3. The van der Waals surface area contributed by atoms with Gasteiger partial charge in [0, 0.05) is 43.7 Å². The van der Waals surface area contributed by atoms with Crippen molar-refractivity contribution in [3.63, 3.8) is 0 Å². The van der Waals surface area contributed by atoms with E-state index in [1.165, 1.54) is 6.07 Å². The molecule has 0 aliphatic carbocycles. The Morgan fingerprint density at radius 3 is 2.49 bits per heavy atom. The molecule has 1 aliphatic rings. The monoisotopic (exact) mass is 609 g/mol. The number of piperazine rings is 1. The molecule has 11 heteroatoms. The van der Waals surface area contributed by atoms with Crippen molar-refractivity contribution < 1.29 is 23.8 Å². The number of phenols is 1. The summed E-state index contributed by atoms with van der Waals surface area (Å²) < 4.78 is 28.1. The third kappa shape index (κ3) is 6.86. The maximum absolute atomic E-state index is 16.6. The first kappa shape index (κ1) is 30.6. The lowest BCUT2D eigenvalue weighted by molar-refractivity contribution is 0.0240. The molecule has 1 saturated heterocycles. The largest absolute Gasteiger partial charge is 0.508 e. The number of hydrogen-bond donors (Lipinski definition) is 1. The van der Waals surface area contributed by atoms with E-state index in [9.17, 15) is 9.90 Å². The van der Waals surface area contributed by atoms with Crippen molar-refractivity contribution in [3.05, 3.63) is 53.3 Å². The molecule has 1 aromatic heterocycles. The molecule has 1 amide bonds. The normalized spacial score (nSPS) is 14.1. The van der Waals surface area contributed by atoms with Crippen LogP contribution in [0.4, 0.5) is 15.0 Å². The van der Waals surface area contributed by atoms with Crippen molar-refractivity contribution in [2.45, 2.75) is 32.8 Å². The van der Waals surface area contributed by atoms with E-state index in [2.05, 4.69) is 4.98 Å². The number of ether oxygens (including phenoxy) is 2. The lowest BCUT2D eigenvalue weighted by Crippen LogP contribution is -2.50. The summed E-state index contributed by atoms with van der Waals surface area (Å²) in [6, 6.07) is 12.3. The van der Waals surface area contributed by atoms with Crippen LogP contribution in [-0.4, -0.2) is 90.0 Å². The van der Waals surface area contributed by atoms with Gasteiger partial charge in [0.2, 0.25) is 0 Å². The second-order valence-electron chi connectivity index (χ2n) is 11.9. The molecule has 3 aromatic carbocycles. The Labute approximate surface area is 255 Å². The van der Waals surface area contributed by atoms with E-state index in [-0.39, 0.29) is 34.0 Å². The van der Waals surface area contributed by atoms with E-state index in [1.807, 2.05) is 68.9 Å². The first-order valence-electron chi connectivity index (χ1n) is 14.3. The topological polar surface area (TPSA) is 91.3 Å². The van der Waals surface area contributed by atoms with Crippen molar-refractivity contribution in [1.82, 2.24) is 19.8 Å². The van der Waals surface area contributed by atoms with Crippen molar-refractivity contribution in [2.75, 3.05) is 58.3 Å². The second kappa shape index (κ2) is 12.4. The van der Waals surface area contributed by atoms with Crippen molar-refractivity contribution >= 4 is 45.2 Å². The summed E-state index contributed by atoms with van der Waals surface area (Å²) in [5, 5.41) is 12.5. The second-order valence-corrected chi connectivity index (χ2v) is 12.4. The minimum Gasteiger partial charge on any atom is -0.508 e. The number of carbonyl (C=O) groups excluding carboxylic acids is 1. The number of halogens is 2. The summed E-state index contributed by atoms with van der Waals surface area (Å²) in [5.41, 5.74) is 0.0655. The highest BCUT2D eigenvalue weighted by molar-refractivity contribution is 6.35. The predicted molar refractivity (Wildman–Crippen MR) is 168 cm³/mol. The highest BCUT2D eigenvalue weighted by atomic mass is 35.5. The molecular formula is C32H37ClFN5O4. The molecule has 5 rings (SSSR count). The van der Waals surface area contributed by atoms with Gasteiger partial charge < -0.3 is 29.3 Å². The Morgan fingerprint density at radius 1 is 1.07 bits per heavy atom. The molecule has 4 aromatic rings. The average Bonchev–Trinajstić information content (AvgIpc) is 2.94. The summed E-state index contributed by atoms with van der Waals surface area (Å²) in [5.74, 6) is -0.155. The molecule has 1 N–H and O–H groups in total. The Hall–Kier alpha value is -3.89. The Kier molecular flexibility index (Phi) is 8.80. The van der Waals surface area contributed by atoms with Crippen LogP contribution < -0.4 is 9.64 Å². The molecule has 43 heavy (non-hydrogen) atoms. The molecule has 0 radical (unpaired) electrons. The van der Waals surface area contributed by atoms with Crippen LogP contribution in [0.1, 0.15) is 27.2 Å². The number of benzene rings is 3. The molecule has 1 fully saturated rings. The van der Waals surface area contributed by atoms with E-state index in [0.717, 1.165) is 23.7 Å². The van der Waals surface area contributed by atoms with Crippen LogP contribution in [0, 0.1) is 5.82 Å². The Bertz CT molecular complexity index is 1650. The summed E-state index contributed by atoms with van der Waals surface area (Å²) in [6.45, 7) is 8.38. The van der Waals surface area contributed by atoms with Gasteiger partial charge in [-0.3, -0.25) is 0 Å². The number of rotatable bonds is 7. The number of nitrogens with zero attached hydrogens (tertiary/aromatic N) is 5. The van der Waals surface area contributed by atoms with Crippen molar-refractivity contribution in [1.29, 1.82) is 0 Å². The quantitative estimate of drug-likeness (QED) is 0.243. The van der Waals surface area contributed by atoms with Crippen LogP contribution in [-0.2, 0) is 4.74 Å². The summed E-state index contributed by atoms with van der Waals surface area (Å²) >= 11 is 6.80. The fraction of sp³-hybridized carbons (Fsp3) is 0.406. The van der Waals surface area contributed by atoms with Gasteiger partial charge >= 0.3 is 12.1 Å². The number of hydrogen-bond acceptors (Lipinski definition) is 8. The van der Waals surface area contributed by atoms with Crippen molar-refractivity contribution in [2.24, 2.45) is 0 Å². The van der Waals surface area contributed by atoms with Crippen LogP contribution >= 0.6 is 11.6 Å². The highest BCUT2D eigenvalue weighted by Gasteiger charge is 2.29. The fourth-order valence-corrected chi connectivity index (χ4v) is 5.48. The fourth-order valence-electron chi connectivity index (χ4n) is 5.19. The van der Waals surface area contributed by atoms with Gasteiger partial charge in [-0.15, -0.1) is 0 Å². The van der Waals surface area contributed by atoms with Crippen LogP contribution in [0.25, 0.3) is 32.8 Å². The number of anilines is 1. The maximum Gasteiger partial charge on any atom is 0.410 e. The van der Waals surface area contributed by atoms with Crippen LogP contribution in [0.15, 0.2) is 42.5 Å². The van der Waals surface area contributed by atoms with Crippen LogP contribution in [0.5, 0.6) is 11.8 Å². The molecular weight excluding hydrogens is 573 g/mol. The molecule has 1 aliphatic heterocycles. The number of fused-ring (bicyclic) bond motifs is 2. The third-order valence-electron chi connectivity index (χ3n) is 7.17. The highest BCUT2D eigenvalue weighted by Crippen LogP contribution is 2.42. The van der Waals surface area contributed by atoms with E-state index in [0.29, 0.717) is 49.6 Å². The van der Waals surface area contributed by atoms with Crippen molar-refractivity contribution in [3.8, 4) is 22.9 Å². The van der Waals surface area contributed by atoms with E-state index in [4.69, 9.17) is 26.1 Å². The maximum atomic E-state index is 16.6. The van der Waals surface area contributed by atoms with Gasteiger partial charge in [0.25, 0.3) is 0 Å². The Morgan fingerprint density at radius 2 is 1.79 bits per heavy atom. The first-order valence-corrected chi connectivity index (χ1v) is 14.7. The smallest absolute Gasteiger partial charge is 0.410 e. The number of phenolic OH excluding ortho intramolecular Hbond substituents is 1. The number of aromatic nitrogens is 2. The zero-order chi connectivity index (χ0) is 30.9. The minimum absolute atomic E-state index is 0.000382.